The van der Waals surface area contributed by atoms with Crippen molar-refractivity contribution in [2.75, 3.05) is 27.9 Å². The molecule has 0 saturated heterocycles. The van der Waals surface area contributed by atoms with E-state index in [0.29, 0.717) is 11.5 Å². The third kappa shape index (κ3) is 4.25. The van der Waals surface area contributed by atoms with Gasteiger partial charge in [0.05, 0.1) is 20.3 Å². The van der Waals surface area contributed by atoms with Gasteiger partial charge in [-0.25, -0.2) is 13.1 Å². The highest BCUT2D eigenvalue weighted by Crippen LogP contribution is 2.24. The third-order valence-electron chi connectivity index (χ3n) is 3.57. The molecule has 24 heavy (non-hydrogen) atoms. The molecule has 1 atom stereocenters. The molecule has 0 amide bonds. The first-order valence-corrected chi connectivity index (χ1v) is 8.79. The molecule has 0 aromatic heterocycles. The normalized spacial score (nSPS) is 12.6. The Hall–Kier alpha value is -2.09. The Balaban J connectivity index is 2.17. The van der Waals surface area contributed by atoms with Crippen molar-refractivity contribution in [3.63, 3.8) is 0 Å². The van der Waals surface area contributed by atoms with Crippen LogP contribution in [0, 0.1) is 0 Å². The quantitative estimate of drug-likeness (QED) is 0.790. The second-order valence-electron chi connectivity index (χ2n) is 5.00. The van der Waals surface area contributed by atoms with E-state index in [9.17, 15) is 8.42 Å². The van der Waals surface area contributed by atoms with Gasteiger partial charge in [-0.1, -0.05) is 24.3 Å². The SMILES string of the molecule is COc1cccc(C(CNS(=O)(=O)c2ccccc2OC)OC)c1. The van der Waals surface area contributed by atoms with E-state index < -0.39 is 16.1 Å². The molecule has 2 rings (SSSR count). The average molecular weight is 351 g/mol. The van der Waals surface area contributed by atoms with Crippen LogP contribution in [0.4, 0.5) is 0 Å². The number of methoxy groups -OCH3 is 3. The van der Waals surface area contributed by atoms with Crippen LogP contribution in [0.3, 0.4) is 0 Å². The first kappa shape index (κ1) is 18.3. The van der Waals surface area contributed by atoms with Gasteiger partial charge in [0, 0.05) is 13.7 Å². The van der Waals surface area contributed by atoms with Gasteiger partial charge in [0.15, 0.2) is 0 Å². The Kier molecular flexibility index (Phi) is 6.19. The van der Waals surface area contributed by atoms with Gasteiger partial charge in [-0.15, -0.1) is 0 Å². The molecule has 2 aromatic carbocycles. The zero-order chi connectivity index (χ0) is 17.6. The predicted molar refractivity (Wildman–Crippen MR) is 90.9 cm³/mol. The number of benzene rings is 2. The van der Waals surface area contributed by atoms with Gasteiger partial charge in [0.1, 0.15) is 16.4 Å². The van der Waals surface area contributed by atoms with Crippen molar-refractivity contribution in [1.29, 1.82) is 0 Å². The minimum Gasteiger partial charge on any atom is -0.497 e. The van der Waals surface area contributed by atoms with Gasteiger partial charge >= 0.3 is 0 Å². The van der Waals surface area contributed by atoms with E-state index in [4.69, 9.17) is 14.2 Å². The van der Waals surface area contributed by atoms with Crippen molar-refractivity contribution in [3.05, 3.63) is 54.1 Å². The summed E-state index contributed by atoms with van der Waals surface area (Å²) in [5.41, 5.74) is 0.819. The molecule has 0 aliphatic rings. The molecular weight excluding hydrogens is 330 g/mol. The number of hydrogen-bond donors (Lipinski definition) is 1. The molecule has 0 spiro atoms. The summed E-state index contributed by atoms with van der Waals surface area (Å²) in [5.74, 6) is 0.975. The predicted octanol–water partition coefficient (Wildman–Crippen LogP) is 2.37. The second-order valence-corrected chi connectivity index (χ2v) is 6.74. The van der Waals surface area contributed by atoms with E-state index in [1.54, 1.807) is 25.3 Å². The number of sulfonamides is 1. The highest BCUT2D eigenvalue weighted by Gasteiger charge is 2.21. The van der Waals surface area contributed by atoms with Gasteiger partial charge in [-0.3, -0.25) is 0 Å². The highest BCUT2D eigenvalue weighted by atomic mass is 32.2. The molecule has 0 radical (unpaired) electrons. The lowest BCUT2D eigenvalue weighted by Gasteiger charge is -2.18. The molecular formula is C17H21NO5S. The Morgan fingerprint density at radius 3 is 2.42 bits per heavy atom. The molecule has 130 valence electrons. The van der Waals surface area contributed by atoms with Crippen LogP contribution in [-0.2, 0) is 14.8 Å². The number of hydrogen-bond acceptors (Lipinski definition) is 5. The van der Waals surface area contributed by atoms with Gasteiger partial charge in [0.25, 0.3) is 0 Å². The van der Waals surface area contributed by atoms with Crippen LogP contribution in [0.5, 0.6) is 11.5 Å². The number of rotatable bonds is 8. The largest absolute Gasteiger partial charge is 0.497 e. The summed E-state index contributed by atoms with van der Waals surface area (Å²) in [5, 5.41) is 0. The summed E-state index contributed by atoms with van der Waals surface area (Å²) < 4.78 is 43.3. The maximum absolute atomic E-state index is 12.5. The van der Waals surface area contributed by atoms with Crippen LogP contribution in [-0.4, -0.2) is 36.3 Å². The average Bonchev–Trinajstić information content (AvgIpc) is 2.62. The molecule has 6 nitrogen and oxygen atoms in total. The van der Waals surface area contributed by atoms with Crippen LogP contribution in [0.2, 0.25) is 0 Å². The van der Waals surface area contributed by atoms with E-state index in [0.717, 1.165) is 5.56 Å². The topological polar surface area (TPSA) is 73.9 Å². The summed E-state index contributed by atoms with van der Waals surface area (Å²) in [6, 6.07) is 13.8. The lowest BCUT2D eigenvalue weighted by molar-refractivity contribution is 0.107. The molecule has 2 aromatic rings. The molecule has 1 unspecified atom stereocenters. The number of ether oxygens (including phenoxy) is 3. The van der Waals surface area contributed by atoms with Gasteiger partial charge in [0.2, 0.25) is 10.0 Å². The summed E-state index contributed by atoms with van der Waals surface area (Å²) in [6.07, 6.45) is -0.440. The Morgan fingerprint density at radius 1 is 1.00 bits per heavy atom. The standard InChI is InChI=1S/C17H21NO5S/c1-21-14-8-6-7-13(11-14)16(23-3)12-18-24(19,20)17-10-5-4-9-15(17)22-2/h4-11,16,18H,12H2,1-3H3. The van der Waals surface area contributed by atoms with Crippen molar-refractivity contribution in [3.8, 4) is 11.5 Å². The number of nitrogens with one attached hydrogen (secondary N) is 1. The van der Waals surface area contributed by atoms with Gasteiger partial charge in [-0.2, -0.15) is 0 Å². The summed E-state index contributed by atoms with van der Waals surface area (Å²) in [7, 11) is 0.819. The van der Waals surface area contributed by atoms with Gasteiger partial charge < -0.3 is 14.2 Å². The summed E-state index contributed by atoms with van der Waals surface area (Å²) >= 11 is 0. The fourth-order valence-electron chi connectivity index (χ4n) is 2.28. The Bertz CT molecular complexity index is 776. The lowest BCUT2D eigenvalue weighted by atomic mass is 10.1. The second kappa shape index (κ2) is 8.14. The van der Waals surface area contributed by atoms with E-state index in [1.807, 2.05) is 24.3 Å². The maximum atomic E-state index is 12.5. The maximum Gasteiger partial charge on any atom is 0.244 e. The molecule has 0 heterocycles. The molecule has 0 saturated carbocycles. The van der Waals surface area contributed by atoms with E-state index in [-0.39, 0.29) is 11.4 Å². The molecule has 0 fully saturated rings. The summed E-state index contributed by atoms with van der Waals surface area (Å²) in [4.78, 5) is 0.0907. The first-order chi connectivity index (χ1) is 11.5. The van der Waals surface area contributed by atoms with Crippen LogP contribution < -0.4 is 14.2 Å². The lowest BCUT2D eigenvalue weighted by Crippen LogP contribution is -2.29. The summed E-state index contributed by atoms with van der Waals surface area (Å²) in [6.45, 7) is 0.0874. The van der Waals surface area contributed by atoms with Crippen molar-refractivity contribution in [1.82, 2.24) is 4.72 Å². The van der Waals surface area contributed by atoms with E-state index >= 15 is 0 Å². The molecule has 0 bridgehead atoms. The van der Waals surface area contributed by atoms with Crippen molar-refractivity contribution in [2.24, 2.45) is 0 Å². The molecule has 1 N–H and O–H groups in total. The van der Waals surface area contributed by atoms with E-state index in [1.165, 1.54) is 20.3 Å². The van der Waals surface area contributed by atoms with E-state index in [2.05, 4.69) is 4.72 Å². The Morgan fingerprint density at radius 2 is 1.75 bits per heavy atom. The molecule has 0 aliphatic heterocycles. The minimum atomic E-state index is -3.72. The van der Waals surface area contributed by atoms with Crippen LogP contribution in [0.25, 0.3) is 0 Å². The minimum absolute atomic E-state index is 0.0874. The van der Waals surface area contributed by atoms with Crippen molar-refractivity contribution in [2.45, 2.75) is 11.0 Å². The zero-order valence-electron chi connectivity index (χ0n) is 13.9. The fraction of sp³-hybridized carbons (Fsp3) is 0.294. The molecule has 0 aliphatic carbocycles. The van der Waals surface area contributed by atoms with Crippen molar-refractivity contribution < 1.29 is 22.6 Å². The van der Waals surface area contributed by atoms with Crippen molar-refractivity contribution >= 4 is 10.0 Å². The first-order valence-electron chi connectivity index (χ1n) is 7.31. The van der Waals surface area contributed by atoms with Crippen LogP contribution in [0.15, 0.2) is 53.4 Å². The Labute approximate surface area is 142 Å². The zero-order valence-corrected chi connectivity index (χ0v) is 14.7. The van der Waals surface area contributed by atoms with Crippen LogP contribution in [0.1, 0.15) is 11.7 Å². The van der Waals surface area contributed by atoms with Crippen LogP contribution >= 0.6 is 0 Å². The fourth-order valence-corrected chi connectivity index (χ4v) is 3.48. The van der Waals surface area contributed by atoms with Gasteiger partial charge in [-0.05, 0) is 29.8 Å². The highest BCUT2D eigenvalue weighted by molar-refractivity contribution is 7.89. The monoisotopic (exact) mass is 351 g/mol. The smallest absolute Gasteiger partial charge is 0.244 e. The third-order valence-corrected chi connectivity index (χ3v) is 5.03. The molecule has 7 heteroatoms. The number of para-hydroxylation sites is 1.